The zero-order valence-corrected chi connectivity index (χ0v) is 11.3. The molecule has 3 N–H and O–H groups in total. The van der Waals surface area contributed by atoms with Gasteiger partial charge in [-0.3, -0.25) is 4.79 Å². The van der Waals surface area contributed by atoms with E-state index in [0.717, 1.165) is 6.07 Å². The number of nitrogen functional groups attached to an aromatic ring is 1. The molecule has 2 aromatic carbocycles. The first-order valence-corrected chi connectivity index (χ1v) is 6.41. The minimum Gasteiger partial charge on any atom is -0.396 e. The number of H-pyrrole nitrogens is 1. The summed E-state index contributed by atoms with van der Waals surface area (Å²) < 4.78 is 27.0. The number of anilines is 1. The maximum absolute atomic E-state index is 13.8. The summed E-state index contributed by atoms with van der Waals surface area (Å²) >= 11 is 5.86. The Hall–Kier alpha value is -2.40. The second-order valence-electron chi connectivity index (χ2n) is 4.57. The Morgan fingerprint density at radius 3 is 2.62 bits per heavy atom. The number of aromatic nitrogens is 1. The Kier molecular flexibility index (Phi) is 3.14. The summed E-state index contributed by atoms with van der Waals surface area (Å²) in [5.41, 5.74) is 5.77. The van der Waals surface area contributed by atoms with Gasteiger partial charge in [0.1, 0.15) is 11.6 Å². The third-order valence-electron chi connectivity index (χ3n) is 3.22. The fourth-order valence-corrected chi connectivity index (χ4v) is 2.34. The van der Waals surface area contributed by atoms with Crippen LogP contribution in [-0.4, -0.2) is 10.8 Å². The third kappa shape index (κ3) is 2.25. The molecule has 0 fully saturated rings. The number of rotatable bonds is 2. The van der Waals surface area contributed by atoms with E-state index in [1.54, 1.807) is 18.2 Å². The van der Waals surface area contributed by atoms with E-state index < -0.39 is 17.4 Å². The molecule has 1 heterocycles. The van der Waals surface area contributed by atoms with Gasteiger partial charge in [0.15, 0.2) is 5.78 Å². The first-order valence-electron chi connectivity index (χ1n) is 6.03. The molecule has 3 rings (SSSR count). The summed E-state index contributed by atoms with van der Waals surface area (Å²) in [6.45, 7) is 0. The number of carbonyl (C=O) groups excluding carboxylic acids is 1. The highest BCUT2D eigenvalue weighted by Gasteiger charge is 2.19. The monoisotopic (exact) mass is 306 g/mol. The van der Waals surface area contributed by atoms with Crippen molar-refractivity contribution in [2.75, 3.05) is 5.73 Å². The van der Waals surface area contributed by atoms with Gasteiger partial charge in [0.05, 0.1) is 11.3 Å². The van der Waals surface area contributed by atoms with Crippen molar-refractivity contribution in [2.24, 2.45) is 0 Å². The lowest BCUT2D eigenvalue weighted by Crippen LogP contribution is -2.06. The molecule has 0 aliphatic carbocycles. The van der Waals surface area contributed by atoms with Crippen molar-refractivity contribution in [3.05, 3.63) is 64.3 Å². The maximum atomic E-state index is 13.8. The van der Waals surface area contributed by atoms with Crippen molar-refractivity contribution in [2.45, 2.75) is 0 Å². The quantitative estimate of drug-likeness (QED) is 0.557. The highest BCUT2D eigenvalue weighted by atomic mass is 35.5. The average Bonchev–Trinajstić information content (AvgIpc) is 2.85. The topological polar surface area (TPSA) is 58.9 Å². The van der Waals surface area contributed by atoms with Crippen LogP contribution in [0.5, 0.6) is 0 Å². The summed E-state index contributed by atoms with van der Waals surface area (Å²) in [5, 5.41) is 1.12. The fraction of sp³-hybridized carbons (Fsp3) is 0. The van der Waals surface area contributed by atoms with Crippen molar-refractivity contribution in [3.8, 4) is 0 Å². The van der Waals surface area contributed by atoms with Gasteiger partial charge in [0.2, 0.25) is 0 Å². The van der Waals surface area contributed by atoms with E-state index in [0.29, 0.717) is 22.0 Å². The summed E-state index contributed by atoms with van der Waals surface area (Å²) in [6.07, 6.45) is 1.46. The molecular formula is C15H9ClF2N2O. The molecule has 1 aromatic heterocycles. The van der Waals surface area contributed by atoms with Gasteiger partial charge in [-0.2, -0.15) is 0 Å². The van der Waals surface area contributed by atoms with Crippen LogP contribution in [0.1, 0.15) is 15.9 Å². The van der Waals surface area contributed by atoms with Crippen LogP contribution in [0.3, 0.4) is 0 Å². The van der Waals surface area contributed by atoms with Gasteiger partial charge < -0.3 is 10.7 Å². The van der Waals surface area contributed by atoms with E-state index in [2.05, 4.69) is 4.98 Å². The van der Waals surface area contributed by atoms with Crippen LogP contribution in [0.2, 0.25) is 5.02 Å². The molecule has 0 spiro atoms. The van der Waals surface area contributed by atoms with Crippen LogP contribution in [0.25, 0.3) is 10.9 Å². The van der Waals surface area contributed by atoms with Crippen molar-refractivity contribution in [3.63, 3.8) is 0 Å². The molecule has 0 radical (unpaired) electrons. The minimum atomic E-state index is -0.949. The average molecular weight is 307 g/mol. The molecule has 0 bridgehead atoms. The van der Waals surface area contributed by atoms with E-state index >= 15 is 0 Å². The predicted molar refractivity (Wildman–Crippen MR) is 77.5 cm³/mol. The third-order valence-corrected chi connectivity index (χ3v) is 3.45. The minimum absolute atomic E-state index is 0.270. The molecule has 0 atom stereocenters. The Morgan fingerprint density at radius 1 is 1.10 bits per heavy atom. The summed E-state index contributed by atoms with van der Waals surface area (Å²) in [4.78, 5) is 15.3. The van der Waals surface area contributed by atoms with Crippen LogP contribution < -0.4 is 5.73 Å². The number of ketones is 1. The molecule has 0 amide bonds. The number of fused-ring (bicyclic) bond motifs is 1. The molecule has 106 valence electrons. The fourth-order valence-electron chi connectivity index (χ4n) is 2.17. The maximum Gasteiger partial charge on any atom is 0.198 e. The Labute approximate surface area is 123 Å². The van der Waals surface area contributed by atoms with Gasteiger partial charge >= 0.3 is 0 Å². The number of carbonyl (C=O) groups is 1. The lowest BCUT2D eigenvalue weighted by molar-refractivity contribution is 0.103. The smallest absolute Gasteiger partial charge is 0.198 e. The second kappa shape index (κ2) is 4.86. The molecule has 0 saturated heterocycles. The van der Waals surface area contributed by atoms with Gasteiger partial charge in [-0.05, 0) is 18.2 Å². The van der Waals surface area contributed by atoms with Crippen molar-refractivity contribution in [1.82, 2.24) is 4.98 Å². The predicted octanol–water partition coefficient (Wildman–Crippen LogP) is 3.91. The highest BCUT2D eigenvalue weighted by molar-refractivity contribution is 6.31. The zero-order chi connectivity index (χ0) is 15.1. The second-order valence-corrected chi connectivity index (χ2v) is 5.01. The standard InChI is InChI=1S/C15H9ClF2N2O/c16-7-1-2-8-10(6-20-14(8)3-7)15(21)9-4-13(19)12(18)5-11(9)17/h1-6,20H,19H2. The molecule has 0 aliphatic rings. The number of hydrogen-bond acceptors (Lipinski definition) is 2. The Balaban J connectivity index is 2.15. The van der Waals surface area contributed by atoms with E-state index in [1.165, 1.54) is 6.20 Å². The number of hydrogen-bond donors (Lipinski definition) is 2. The van der Waals surface area contributed by atoms with Gasteiger partial charge in [0, 0.05) is 33.8 Å². The van der Waals surface area contributed by atoms with Crippen molar-refractivity contribution >= 4 is 34.0 Å². The van der Waals surface area contributed by atoms with Gasteiger partial charge in [-0.15, -0.1) is 0 Å². The van der Waals surface area contributed by atoms with E-state index in [1.807, 2.05) is 0 Å². The number of nitrogens with two attached hydrogens (primary N) is 1. The lowest BCUT2D eigenvalue weighted by Gasteiger charge is -2.04. The van der Waals surface area contributed by atoms with Crippen molar-refractivity contribution < 1.29 is 13.6 Å². The zero-order valence-electron chi connectivity index (χ0n) is 10.6. The molecule has 3 aromatic rings. The van der Waals surface area contributed by atoms with E-state index in [9.17, 15) is 13.6 Å². The SMILES string of the molecule is Nc1cc(C(=O)c2c[nH]c3cc(Cl)ccc23)c(F)cc1F. The lowest BCUT2D eigenvalue weighted by atomic mass is 10.0. The van der Waals surface area contributed by atoms with Gasteiger partial charge in [0.25, 0.3) is 0 Å². The van der Waals surface area contributed by atoms with Crippen LogP contribution in [0.15, 0.2) is 36.5 Å². The summed E-state index contributed by atoms with van der Waals surface area (Å²) in [6, 6.07) is 6.55. The molecule has 0 unspecified atom stereocenters. The molecule has 3 nitrogen and oxygen atoms in total. The number of nitrogens with one attached hydrogen (secondary N) is 1. The first kappa shape index (κ1) is 13.6. The van der Waals surface area contributed by atoms with Crippen molar-refractivity contribution in [1.29, 1.82) is 0 Å². The van der Waals surface area contributed by atoms with Crippen LogP contribution in [-0.2, 0) is 0 Å². The largest absolute Gasteiger partial charge is 0.396 e. The molecule has 21 heavy (non-hydrogen) atoms. The molecular weight excluding hydrogens is 298 g/mol. The van der Waals surface area contributed by atoms with Crippen LogP contribution in [0, 0.1) is 11.6 Å². The Bertz CT molecular complexity index is 873. The number of benzene rings is 2. The number of aromatic amines is 1. The van der Waals surface area contributed by atoms with E-state index in [-0.39, 0.29) is 16.8 Å². The Morgan fingerprint density at radius 2 is 1.86 bits per heavy atom. The number of halogens is 3. The normalized spacial score (nSPS) is 11.0. The van der Waals surface area contributed by atoms with Crippen LogP contribution in [0.4, 0.5) is 14.5 Å². The van der Waals surface area contributed by atoms with E-state index in [4.69, 9.17) is 17.3 Å². The molecule has 6 heteroatoms. The highest BCUT2D eigenvalue weighted by Crippen LogP contribution is 2.26. The van der Waals surface area contributed by atoms with Gasteiger partial charge in [-0.1, -0.05) is 17.7 Å². The summed E-state index contributed by atoms with van der Waals surface area (Å²) in [5.74, 6) is -2.42. The van der Waals surface area contributed by atoms with Gasteiger partial charge in [-0.25, -0.2) is 8.78 Å². The first-order chi connectivity index (χ1) is 9.97. The molecule has 0 aliphatic heterocycles. The van der Waals surface area contributed by atoms with Crippen LogP contribution >= 0.6 is 11.6 Å². The summed E-state index contributed by atoms with van der Waals surface area (Å²) in [7, 11) is 0. The molecule has 0 saturated carbocycles.